The maximum atomic E-state index is 2.44. The number of hydrogen-bond donors (Lipinski definition) is 0. The van der Waals surface area contributed by atoms with E-state index in [1.807, 2.05) is 0 Å². The molecule has 140 valence electrons. The first-order chi connectivity index (χ1) is 13.7. The van der Waals surface area contributed by atoms with Gasteiger partial charge in [-0.15, -0.1) is 0 Å². The largest absolute Gasteiger partial charge is 0.266 e. The average molecular weight is 368 g/mol. The van der Waals surface area contributed by atoms with E-state index in [9.17, 15) is 0 Å². The third-order valence-electron chi connectivity index (χ3n) is 5.40. The van der Waals surface area contributed by atoms with Crippen LogP contribution < -0.4 is 4.57 Å². The van der Waals surface area contributed by atoms with Crippen LogP contribution in [0.4, 0.5) is 0 Å². The van der Waals surface area contributed by atoms with Crippen LogP contribution in [-0.4, -0.2) is 4.57 Å². The van der Waals surface area contributed by atoms with Crippen LogP contribution in [0.15, 0.2) is 97.2 Å². The predicted octanol–water partition coefficient (Wildman–Crippen LogP) is 5.24. The van der Waals surface area contributed by atoms with Gasteiger partial charge in [0.05, 0.1) is 13.5 Å². The molecule has 0 aliphatic rings. The van der Waals surface area contributed by atoms with E-state index in [0.29, 0.717) is 5.92 Å². The minimum absolute atomic E-state index is 0.461. The van der Waals surface area contributed by atoms with Crippen molar-refractivity contribution in [3.63, 3.8) is 0 Å². The normalized spacial score (nSPS) is 12.1. The third kappa shape index (κ3) is 3.91. The van der Waals surface area contributed by atoms with Crippen LogP contribution in [0.1, 0.15) is 35.5 Å². The number of imidazole rings is 1. The van der Waals surface area contributed by atoms with E-state index in [1.165, 1.54) is 28.3 Å². The molecule has 1 heterocycles. The summed E-state index contributed by atoms with van der Waals surface area (Å²) in [6.07, 6.45) is 4.21. The summed E-state index contributed by atoms with van der Waals surface area (Å²) < 4.78 is 4.72. The lowest BCUT2D eigenvalue weighted by Crippen LogP contribution is -2.39. The van der Waals surface area contributed by atoms with E-state index >= 15 is 0 Å². The number of nitrogens with zero attached hydrogens (tertiary/aromatic N) is 2. The Kier molecular flexibility index (Phi) is 5.38. The number of para-hydroxylation sites is 1. The molecule has 0 saturated heterocycles. The van der Waals surface area contributed by atoms with Gasteiger partial charge in [-0.05, 0) is 29.2 Å². The summed E-state index contributed by atoms with van der Waals surface area (Å²) in [4.78, 5) is 0. The molecule has 0 radical (unpaired) electrons. The Morgan fingerprint density at radius 3 is 2.00 bits per heavy atom. The maximum Gasteiger partial charge on any atom is 0.266 e. The van der Waals surface area contributed by atoms with Gasteiger partial charge in [-0.3, -0.25) is 0 Å². The Balaban J connectivity index is 1.75. The van der Waals surface area contributed by atoms with E-state index in [-0.39, 0.29) is 0 Å². The zero-order valence-corrected chi connectivity index (χ0v) is 16.6. The molecule has 1 atom stereocenters. The number of benzene rings is 3. The lowest BCUT2D eigenvalue weighted by Gasteiger charge is -2.11. The van der Waals surface area contributed by atoms with Gasteiger partial charge in [-0.25, -0.2) is 4.57 Å². The van der Waals surface area contributed by atoms with E-state index in [4.69, 9.17) is 0 Å². The van der Waals surface area contributed by atoms with Gasteiger partial charge in [0.25, 0.3) is 5.82 Å². The van der Waals surface area contributed by atoms with Crippen molar-refractivity contribution < 1.29 is 4.57 Å². The number of rotatable bonds is 6. The minimum Gasteiger partial charge on any atom is -0.236 e. The van der Waals surface area contributed by atoms with Crippen molar-refractivity contribution in [1.29, 1.82) is 0 Å². The van der Waals surface area contributed by atoms with Crippen molar-refractivity contribution >= 4 is 0 Å². The number of aryl methyl sites for hydroxylation is 1. The molecule has 4 aromatic rings. The van der Waals surface area contributed by atoms with Crippen molar-refractivity contribution in [2.45, 2.75) is 25.7 Å². The quantitative estimate of drug-likeness (QED) is 0.412. The summed E-state index contributed by atoms with van der Waals surface area (Å²) in [5.74, 6) is 1.76. The monoisotopic (exact) mass is 367 g/mol. The Bertz CT molecular complexity index is 1020. The first kappa shape index (κ1) is 18.2. The first-order valence-electron chi connectivity index (χ1n) is 9.96. The van der Waals surface area contributed by atoms with Crippen LogP contribution in [0.5, 0.6) is 0 Å². The molecule has 0 aliphatic heterocycles. The number of hydrogen-bond acceptors (Lipinski definition) is 0. The van der Waals surface area contributed by atoms with Crippen molar-refractivity contribution in [1.82, 2.24) is 4.57 Å². The predicted molar refractivity (Wildman–Crippen MR) is 115 cm³/mol. The molecular formula is C26H27N2+. The maximum absolute atomic E-state index is 2.44. The van der Waals surface area contributed by atoms with Crippen LogP contribution in [0.25, 0.3) is 5.69 Å². The van der Waals surface area contributed by atoms with Crippen molar-refractivity contribution in [2.24, 2.45) is 7.05 Å². The molecule has 0 N–H and O–H groups in total. The van der Waals surface area contributed by atoms with Gasteiger partial charge in [0.15, 0.2) is 0 Å². The van der Waals surface area contributed by atoms with Gasteiger partial charge >= 0.3 is 0 Å². The summed E-state index contributed by atoms with van der Waals surface area (Å²) in [5, 5.41) is 0. The molecule has 28 heavy (non-hydrogen) atoms. The van der Waals surface area contributed by atoms with Crippen molar-refractivity contribution in [2.75, 3.05) is 0 Å². The molecule has 2 heteroatoms. The smallest absolute Gasteiger partial charge is 0.236 e. The van der Waals surface area contributed by atoms with Gasteiger partial charge in [-0.1, -0.05) is 85.8 Å². The second-order valence-electron chi connectivity index (χ2n) is 7.50. The van der Waals surface area contributed by atoms with Crippen LogP contribution in [0.3, 0.4) is 0 Å². The second kappa shape index (κ2) is 8.26. The van der Waals surface area contributed by atoms with Gasteiger partial charge in [-0.2, -0.15) is 4.57 Å². The standard InChI is InChI=1S/C26H27N2/c1-21(23-14-8-4-9-15-23)18-25-20-27(2)26(19-22-12-6-3-7-13-22)28(25)24-16-10-5-11-17-24/h3-17,20-21H,18-19H2,1-2H3/q+1. The molecule has 4 rings (SSSR count). The molecule has 2 nitrogen and oxygen atoms in total. The highest BCUT2D eigenvalue weighted by molar-refractivity contribution is 5.26. The highest BCUT2D eigenvalue weighted by Crippen LogP contribution is 2.21. The fraction of sp³-hybridized carbons (Fsp3) is 0.192. The van der Waals surface area contributed by atoms with Crippen LogP contribution in [0, 0.1) is 0 Å². The average Bonchev–Trinajstić information content (AvgIpc) is 3.04. The van der Waals surface area contributed by atoms with Gasteiger partial charge in [0, 0.05) is 6.42 Å². The Hall–Kier alpha value is -3.13. The van der Waals surface area contributed by atoms with E-state index in [2.05, 4.69) is 120 Å². The zero-order valence-electron chi connectivity index (χ0n) is 16.6. The van der Waals surface area contributed by atoms with Crippen LogP contribution >= 0.6 is 0 Å². The minimum atomic E-state index is 0.461. The third-order valence-corrected chi connectivity index (χ3v) is 5.40. The van der Waals surface area contributed by atoms with Gasteiger partial charge in [0.1, 0.15) is 17.6 Å². The summed E-state index contributed by atoms with van der Waals surface area (Å²) in [5.41, 5.74) is 5.28. The first-order valence-corrected chi connectivity index (χ1v) is 9.96. The SMILES string of the molecule is CC(Cc1cn(C)c(Cc2ccccc2)[n+]1-c1ccccc1)c1ccccc1. The highest BCUT2D eigenvalue weighted by Gasteiger charge is 2.24. The highest BCUT2D eigenvalue weighted by atomic mass is 15.2. The molecule has 0 fully saturated rings. The van der Waals surface area contributed by atoms with Crippen LogP contribution in [-0.2, 0) is 19.9 Å². The van der Waals surface area contributed by atoms with Gasteiger partial charge in [0.2, 0.25) is 0 Å². The molecular weight excluding hydrogens is 340 g/mol. The molecule has 0 aliphatic carbocycles. The molecule has 0 amide bonds. The summed E-state index contributed by atoms with van der Waals surface area (Å²) in [6, 6.07) is 32.2. The number of aromatic nitrogens is 2. The van der Waals surface area contributed by atoms with Crippen molar-refractivity contribution in [3.05, 3.63) is 120 Å². The molecule has 3 aromatic carbocycles. The summed E-state index contributed by atoms with van der Waals surface area (Å²) >= 11 is 0. The van der Waals surface area contributed by atoms with E-state index < -0.39 is 0 Å². The zero-order chi connectivity index (χ0) is 19.3. The van der Waals surface area contributed by atoms with E-state index in [0.717, 1.165) is 12.8 Å². The Labute approximate surface area is 167 Å². The van der Waals surface area contributed by atoms with Crippen molar-refractivity contribution in [3.8, 4) is 5.69 Å². The molecule has 0 bridgehead atoms. The van der Waals surface area contributed by atoms with Gasteiger partial charge < -0.3 is 0 Å². The van der Waals surface area contributed by atoms with E-state index in [1.54, 1.807) is 0 Å². The van der Waals surface area contributed by atoms with Crippen LogP contribution in [0.2, 0.25) is 0 Å². The topological polar surface area (TPSA) is 8.81 Å². The molecule has 1 aromatic heterocycles. The fourth-order valence-corrected chi connectivity index (χ4v) is 3.91. The summed E-state index contributed by atoms with van der Waals surface area (Å²) in [7, 11) is 2.16. The Morgan fingerprint density at radius 1 is 0.786 bits per heavy atom. The molecule has 1 unspecified atom stereocenters. The summed E-state index contributed by atoms with van der Waals surface area (Å²) in [6.45, 7) is 2.31. The Morgan fingerprint density at radius 2 is 1.36 bits per heavy atom. The lowest BCUT2D eigenvalue weighted by molar-refractivity contribution is -0.611. The fourth-order valence-electron chi connectivity index (χ4n) is 3.91. The molecule has 0 spiro atoms. The molecule has 0 saturated carbocycles. The lowest BCUT2D eigenvalue weighted by atomic mass is 9.96. The second-order valence-corrected chi connectivity index (χ2v) is 7.50.